The molecule has 1 heterocycles. The van der Waals surface area contributed by atoms with Crippen LogP contribution in [0.1, 0.15) is 18.4 Å². The predicted molar refractivity (Wildman–Crippen MR) is 143 cm³/mol. The molecular formula is C24H26ClN5O4S. The molecule has 0 fully saturated rings. The first kappa shape index (κ1) is 26.1. The molecule has 4 N–H and O–H groups in total. The number of nitrogens with one attached hydrogen (secondary N) is 2. The minimum atomic E-state index is -3.44. The maximum absolute atomic E-state index is 12.2. The molecular weight excluding hydrogens is 490 g/mol. The van der Waals surface area contributed by atoms with Gasteiger partial charge in [-0.25, -0.2) is 13.4 Å². The van der Waals surface area contributed by atoms with Crippen LogP contribution in [-0.4, -0.2) is 30.6 Å². The molecule has 1 aromatic heterocycles. The smallest absolute Gasteiger partial charge is 0.271 e. The van der Waals surface area contributed by atoms with Gasteiger partial charge in [-0.3, -0.25) is 14.8 Å². The summed E-state index contributed by atoms with van der Waals surface area (Å²) in [5.41, 5.74) is 9.60. The van der Waals surface area contributed by atoms with E-state index in [1.165, 1.54) is 12.1 Å². The number of nitrogens with two attached hydrogens (primary N) is 1. The zero-order valence-electron chi connectivity index (χ0n) is 19.0. The molecule has 0 aliphatic rings. The monoisotopic (exact) mass is 515 g/mol. The van der Waals surface area contributed by atoms with Crippen LogP contribution in [0, 0.1) is 17.0 Å². The fraction of sp³-hybridized carbons (Fsp3) is 0.208. The standard InChI is InChI=1S/C24H25N5O4S.ClH/c1-16-5-4-6-21-23(16)27-22-15-19(29(30)31)11-12-20(22)24(21)26-17-7-9-18(10-8-17)28-34(32,33)14-3-2-13-25;/h4-12,15,28H,2-3,13-14,25H2,1H3,(H,26,27);1H. The highest BCUT2D eigenvalue weighted by Gasteiger charge is 2.15. The van der Waals surface area contributed by atoms with Crippen molar-refractivity contribution < 1.29 is 13.3 Å². The van der Waals surface area contributed by atoms with Gasteiger partial charge in [-0.05, 0) is 62.2 Å². The van der Waals surface area contributed by atoms with Crippen LogP contribution >= 0.6 is 12.4 Å². The van der Waals surface area contributed by atoms with E-state index in [1.54, 1.807) is 30.3 Å². The third kappa shape index (κ3) is 5.97. The maximum atomic E-state index is 12.2. The molecule has 0 aliphatic heterocycles. The summed E-state index contributed by atoms with van der Waals surface area (Å²) in [5.74, 6) is 0.0185. The number of anilines is 3. The molecule has 3 aromatic carbocycles. The number of unbranched alkanes of at least 4 members (excludes halogenated alkanes) is 1. The summed E-state index contributed by atoms with van der Waals surface area (Å²) in [6.07, 6.45) is 1.16. The summed E-state index contributed by atoms with van der Waals surface area (Å²) in [5, 5.41) is 16.3. The zero-order valence-corrected chi connectivity index (χ0v) is 20.7. The van der Waals surface area contributed by atoms with Gasteiger partial charge in [-0.15, -0.1) is 12.4 Å². The van der Waals surface area contributed by atoms with Crippen molar-refractivity contribution in [3.05, 3.63) is 76.3 Å². The molecule has 0 aliphatic carbocycles. The number of non-ortho nitro benzene ring substituents is 1. The first-order chi connectivity index (χ1) is 16.3. The number of halogens is 1. The Morgan fingerprint density at radius 2 is 1.71 bits per heavy atom. The Labute approximate surface area is 209 Å². The van der Waals surface area contributed by atoms with Crippen LogP contribution in [0.5, 0.6) is 0 Å². The van der Waals surface area contributed by atoms with E-state index >= 15 is 0 Å². The summed E-state index contributed by atoms with van der Waals surface area (Å²) in [4.78, 5) is 15.5. The molecule has 0 radical (unpaired) electrons. The summed E-state index contributed by atoms with van der Waals surface area (Å²) in [6, 6.07) is 17.4. The van der Waals surface area contributed by atoms with Crippen molar-refractivity contribution in [2.24, 2.45) is 5.73 Å². The zero-order chi connectivity index (χ0) is 24.3. The highest BCUT2D eigenvalue weighted by molar-refractivity contribution is 7.92. The van der Waals surface area contributed by atoms with E-state index in [2.05, 4.69) is 15.0 Å². The fourth-order valence-corrected chi connectivity index (χ4v) is 4.96. The minimum Gasteiger partial charge on any atom is -0.354 e. The third-order valence-electron chi connectivity index (χ3n) is 5.50. The first-order valence-electron chi connectivity index (χ1n) is 10.8. The van der Waals surface area contributed by atoms with Gasteiger partial charge in [0.15, 0.2) is 0 Å². The van der Waals surface area contributed by atoms with E-state index in [0.29, 0.717) is 30.6 Å². The van der Waals surface area contributed by atoms with Gasteiger partial charge in [-0.1, -0.05) is 18.2 Å². The molecule has 0 atom stereocenters. The average molecular weight is 516 g/mol. The van der Waals surface area contributed by atoms with E-state index in [1.807, 2.05) is 25.1 Å². The highest BCUT2D eigenvalue weighted by Crippen LogP contribution is 2.35. The van der Waals surface area contributed by atoms with Gasteiger partial charge < -0.3 is 11.1 Å². The summed E-state index contributed by atoms with van der Waals surface area (Å²) in [7, 11) is -3.44. The van der Waals surface area contributed by atoms with E-state index < -0.39 is 14.9 Å². The number of nitro benzene ring substituents is 1. The predicted octanol–water partition coefficient (Wildman–Crippen LogP) is 5.25. The highest BCUT2D eigenvalue weighted by atomic mass is 35.5. The van der Waals surface area contributed by atoms with E-state index in [0.717, 1.165) is 33.2 Å². The number of para-hydroxylation sites is 1. The lowest BCUT2D eigenvalue weighted by molar-refractivity contribution is -0.384. The Kier molecular flexibility index (Phi) is 8.11. The largest absolute Gasteiger partial charge is 0.354 e. The number of aromatic nitrogens is 1. The van der Waals surface area contributed by atoms with Crippen LogP contribution in [0.15, 0.2) is 60.7 Å². The molecule has 11 heteroatoms. The number of aryl methyl sites for hydroxylation is 1. The molecule has 0 saturated carbocycles. The van der Waals surface area contributed by atoms with Crippen LogP contribution < -0.4 is 15.8 Å². The molecule has 4 rings (SSSR count). The number of benzene rings is 3. The second-order valence-electron chi connectivity index (χ2n) is 8.04. The average Bonchev–Trinajstić information content (AvgIpc) is 2.80. The molecule has 184 valence electrons. The summed E-state index contributed by atoms with van der Waals surface area (Å²) >= 11 is 0. The minimum absolute atomic E-state index is 0. The SMILES string of the molecule is Cc1cccc2c(Nc3ccc(NS(=O)(=O)CCCCN)cc3)c3ccc([N+](=O)[O-])cc3nc12.Cl. The van der Waals surface area contributed by atoms with Gasteiger partial charge in [0.2, 0.25) is 10.0 Å². The lowest BCUT2D eigenvalue weighted by atomic mass is 10.0. The number of fused-ring (bicyclic) bond motifs is 2. The first-order valence-corrected chi connectivity index (χ1v) is 12.5. The number of nitrogens with zero attached hydrogens (tertiary/aromatic N) is 2. The van der Waals surface area contributed by atoms with Gasteiger partial charge in [0.25, 0.3) is 5.69 Å². The number of rotatable bonds is 9. The van der Waals surface area contributed by atoms with Crippen molar-refractivity contribution in [2.45, 2.75) is 19.8 Å². The number of pyridine rings is 1. The summed E-state index contributed by atoms with van der Waals surface area (Å²) < 4.78 is 27.0. The lowest BCUT2D eigenvalue weighted by Gasteiger charge is -2.15. The normalized spacial score (nSPS) is 11.3. The second-order valence-corrected chi connectivity index (χ2v) is 9.88. The molecule has 0 bridgehead atoms. The van der Waals surface area contributed by atoms with Crippen molar-refractivity contribution >= 4 is 67.0 Å². The van der Waals surface area contributed by atoms with Crippen molar-refractivity contribution in [3.8, 4) is 0 Å². The molecule has 4 aromatic rings. The Hall–Kier alpha value is -3.47. The van der Waals surface area contributed by atoms with Crippen molar-refractivity contribution in [1.82, 2.24) is 4.98 Å². The van der Waals surface area contributed by atoms with Crippen molar-refractivity contribution in [2.75, 3.05) is 22.3 Å². The molecule has 0 unspecified atom stereocenters. The lowest BCUT2D eigenvalue weighted by Crippen LogP contribution is -2.17. The van der Waals surface area contributed by atoms with E-state index in [-0.39, 0.29) is 23.8 Å². The number of sulfonamides is 1. The third-order valence-corrected chi connectivity index (χ3v) is 6.87. The van der Waals surface area contributed by atoms with Gasteiger partial charge in [0.1, 0.15) is 0 Å². The Morgan fingerprint density at radius 1 is 1.00 bits per heavy atom. The van der Waals surface area contributed by atoms with Crippen molar-refractivity contribution in [1.29, 1.82) is 0 Å². The molecule has 35 heavy (non-hydrogen) atoms. The topological polar surface area (TPSA) is 140 Å². The fourth-order valence-electron chi connectivity index (χ4n) is 3.78. The second kappa shape index (κ2) is 10.9. The van der Waals surface area contributed by atoms with Gasteiger partial charge >= 0.3 is 0 Å². The van der Waals surface area contributed by atoms with E-state index in [4.69, 9.17) is 5.73 Å². The maximum Gasteiger partial charge on any atom is 0.271 e. The van der Waals surface area contributed by atoms with Crippen molar-refractivity contribution in [3.63, 3.8) is 0 Å². The van der Waals surface area contributed by atoms with E-state index in [9.17, 15) is 18.5 Å². The Balaban J connectivity index is 0.00000342. The van der Waals surface area contributed by atoms with Gasteiger partial charge in [-0.2, -0.15) is 0 Å². The van der Waals surface area contributed by atoms with Crippen LogP contribution in [0.3, 0.4) is 0 Å². The number of hydrogen-bond donors (Lipinski definition) is 3. The van der Waals surface area contributed by atoms with Crippen LogP contribution in [0.4, 0.5) is 22.7 Å². The van der Waals surface area contributed by atoms with Crippen LogP contribution in [-0.2, 0) is 10.0 Å². The van der Waals surface area contributed by atoms with Gasteiger partial charge in [0, 0.05) is 34.3 Å². The number of nitro groups is 1. The molecule has 0 amide bonds. The quantitative estimate of drug-likeness (QED) is 0.120. The number of hydrogen-bond acceptors (Lipinski definition) is 7. The van der Waals surface area contributed by atoms with Crippen LogP contribution in [0.25, 0.3) is 21.8 Å². The summed E-state index contributed by atoms with van der Waals surface area (Å²) in [6.45, 7) is 2.40. The Morgan fingerprint density at radius 3 is 2.40 bits per heavy atom. The molecule has 0 spiro atoms. The molecule has 0 saturated heterocycles. The Bertz CT molecular complexity index is 1480. The van der Waals surface area contributed by atoms with Crippen LogP contribution in [0.2, 0.25) is 0 Å². The molecule has 9 nitrogen and oxygen atoms in total. The van der Waals surface area contributed by atoms with Gasteiger partial charge in [0.05, 0.1) is 27.4 Å².